The number of carbonyl (C=O) groups is 1. The van der Waals surface area contributed by atoms with E-state index in [0.717, 1.165) is 0 Å². The molecular formula is C13H7ClFNO2. The zero-order valence-electron chi connectivity index (χ0n) is 9.04. The molecule has 0 aliphatic carbocycles. The predicted octanol–water partition coefficient (Wildman–Crippen LogP) is 3.78. The van der Waals surface area contributed by atoms with Gasteiger partial charge in [-0.3, -0.25) is 4.79 Å². The molecule has 0 aliphatic rings. The van der Waals surface area contributed by atoms with Gasteiger partial charge in [-0.15, -0.1) is 0 Å². The van der Waals surface area contributed by atoms with Crippen molar-refractivity contribution in [2.45, 2.75) is 0 Å². The maximum absolute atomic E-state index is 13.2. The van der Waals surface area contributed by atoms with Crippen molar-refractivity contribution in [3.63, 3.8) is 0 Å². The van der Waals surface area contributed by atoms with E-state index in [0.29, 0.717) is 16.5 Å². The van der Waals surface area contributed by atoms with Gasteiger partial charge in [0.25, 0.3) is 0 Å². The molecule has 0 bridgehead atoms. The fourth-order valence-electron chi connectivity index (χ4n) is 1.85. The van der Waals surface area contributed by atoms with Gasteiger partial charge in [0.1, 0.15) is 5.82 Å². The quantitative estimate of drug-likeness (QED) is 0.715. The highest BCUT2D eigenvalue weighted by Crippen LogP contribution is 2.23. The van der Waals surface area contributed by atoms with Crippen LogP contribution in [-0.2, 0) is 0 Å². The molecule has 0 unspecified atom stereocenters. The summed E-state index contributed by atoms with van der Waals surface area (Å²) in [5.41, 5.74) is 1.05. The van der Waals surface area contributed by atoms with Gasteiger partial charge in [-0.1, -0.05) is 0 Å². The molecule has 0 saturated carbocycles. The van der Waals surface area contributed by atoms with E-state index in [4.69, 9.17) is 16.0 Å². The van der Waals surface area contributed by atoms with Crippen molar-refractivity contribution in [3.8, 4) is 0 Å². The van der Waals surface area contributed by atoms with Gasteiger partial charge >= 0.3 is 0 Å². The van der Waals surface area contributed by atoms with Crippen LogP contribution in [0.1, 0.15) is 16.1 Å². The zero-order valence-corrected chi connectivity index (χ0v) is 9.79. The van der Waals surface area contributed by atoms with Crippen molar-refractivity contribution in [1.82, 2.24) is 4.98 Å². The number of rotatable bonds is 2. The maximum atomic E-state index is 13.2. The first-order valence-corrected chi connectivity index (χ1v) is 5.59. The van der Waals surface area contributed by atoms with Gasteiger partial charge in [-0.25, -0.2) is 4.39 Å². The van der Waals surface area contributed by atoms with Crippen LogP contribution in [0.25, 0.3) is 10.9 Å². The molecule has 0 aliphatic heterocycles. The highest BCUT2D eigenvalue weighted by Gasteiger charge is 2.17. The second-order valence-corrected chi connectivity index (χ2v) is 4.20. The molecule has 0 radical (unpaired) electrons. The van der Waals surface area contributed by atoms with E-state index in [2.05, 4.69) is 4.98 Å². The normalized spacial score (nSPS) is 11.0. The first kappa shape index (κ1) is 11.0. The maximum Gasteiger partial charge on any atom is 0.230 e. The van der Waals surface area contributed by atoms with Crippen molar-refractivity contribution in [1.29, 1.82) is 0 Å². The molecule has 2 aromatic heterocycles. The Morgan fingerprint density at radius 1 is 1.28 bits per heavy atom. The van der Waals surface area contributed by atoms with Crippen molar-refractivity contribution in [3.05, 3.63) is 58.9 Å². The number of hydrogen-bond donors (Lipinski definition) is 1. The lowest BCUT2D eigenvalue weighted by molar-refractivity contribution is 0.101. The highest BCUT2D eigenvalue weighted by molar-refractivity contribution is 6.29. The van der Waals surface area contributed by atoms with Crippen LogP contribution in [0.5, 0.6) is 0 Å². The Kier molecular flexibility index (Phi) is 2.45. The van der Waals surface area contributed by atoms with E-state index in [1.165, 1.54) is 30.5 Å². The summed E-state index contributed by atoms with van der Waals surface area (Å²) in [5.74, 6) is -0.600. The second kappa shape index (κ2) is 3.99. The number of hydrogen-bond acceptors (Lipinski definition) is 2. The lowest BCUT2D eigenvalue weighted by Gasteiger charge is -1.96. The summed E-state index contributed by atoms with van der Waals surface area (Å²) in [4.78, 5) is 15.1. The minimum absolute atomic E-state index is 0.130. The number of H-pyrrole nitrogens is 1. The molecule has 0 amide bonds. The summed E-state index contributed by atoms with van der Waals surface area (Å²) in [6.07, 6.45) is 1.53. The van der Waals surface area contributed by atoms with Crippen LogP contribution < -0.4 is 0 Å². The number of halogens is 2. The summed E-state index contributed by atoms with van der Waals surface area (Å²) < 4.78 is 18.3. The van der Waals surface area contributed by atoms with Gasteiger partial charge in [0.15, 0.2) is 11.0 Å². The highest BCUT2D eigenvalue weighted by atomic mass is 35.5. The lowest BCUT2D eigenvalue weighted by atomic mass is 10.1. The van der Waals surface area contributed by atoms with E-state index < -0.39 is 5.82 Å². The summed E-state index contributed by atoms with van der Waals surface area (Å²) in [6.45, 7) is 0. The summed E-state index contributed by atoms with van der Waals surface area (Å²) >= 11 is 5.62. The van der Waals surface area contributed by atoms with E-state index in [1.807, 2.05) is 0 Å². The number of nitrogens with one attached hydrogen (secondary N) is 1. The predicted molar refractivity (Wildman–Crippen MR) is 65.4 cm³/mol. The van der Waals surface area contributed by atoms with Gasteiger partial charge in [-0.2, -0.15) is 0 Å². The molecule has 0 fully saturated rings. The molecule has 3 nitrogen and oxygen atoms in total. The Morgan fingerprint density at radius 2 is 2.11 bits per heavy atom. The molecule has 18 heavy (non-hydrogen) atoms. The van der Waals surface area contributed by atoms with E-state index in [9.17, 15) is 9.18 Å². The van der Waals surface area contributed by atoms with Crippen LogP contribution in [0.15, 0.2) is 40.9 Å². The van der Waals surface area contributed by atoms with E-state index in [-0.39, 0.29) is 16.8 Å². The molecule has 0 saturated heterocycles. The third kappa shape index (κ3) is 1.71. The Morgan fingerprint density at radius 3 is 2.83 bits per heavy atom. The number of carbonyl (C=O) groups excluding carboxylic acids is 1. The Bertz CT molecular complexity index is 744. The van der Waals surface area contributed by atoms with Crippen LogP contribution in [-0.4, -0.2) is 10.8 Å². The lowest BCUT2D eigenvalue weighted by Crippen LogP contribution is -1.98. The molecule has 0 atom stereocenters. The first-order chi connectivity index (χ1) is 8.65. The topological polar surface area (TPSA) is 46.0 Å². The molecule has 3 rings (SSSR count). The van der Waals surface area contributed by atoms with Crippen molar-refractivity contribution < 1.29 is 13.6 Å². The standard InChI is InChI=1S/C13H7ClFNO2/c14-12-4-3-11(18-12)13(17)9-6-16-10-2-1-7(15)5-8(9)10/h1-6,16H. The van der Waals surface area contributed by atoms with Gasteiger partial charge in [-0.05, 0) is 41.9 Å². The number of fused-ring (bicyclic) bond motifs is 1. The summed E-state index contributed by atoms with van der Waals surface area (Å²) in [5, 5.41) is 0.664. The van der Waals surface area contributed by atoms with Gasteiger partial charge < -0.3 is 9.40 Å². The third-order valence-corrected chi connectivity index (χ3v) is 2.89. The number of furan rings is 1. The summed E-state index contributed by atoms with van der Waals surface area (Å²) in [7, 11) is 0. The number of ketones is 1. The molecule has 1 N–H and O–H groups in total. The minimum Gasteiger partial charge on any atom is -0.441 e. The SMILES string of the molecule is O=C(c1ccc(Cl)o1)c1c[nH]c2ccc(F)cc12. The Hall–Kier alpha value is -2.07. The van der Waals surface area contributed by atoms with Crippen LogP contribution in [0.2, 0.25) is 5.22 Å². The fourth-order valence-corrected chi connectivity index (χ4v) is 2.00. The van der Waals surface area contributed by atoms with Crippen molar-refractivity contribution in [2.75, 3.05) is 0 Å². The van der Waals surface area contributed by atoms with Gasteiger partial charge in [0, 0.05) is 17.1 Å². The van der Waals surface area contributed by atoms with Crippen molar-refractivity contribution in [2.24, 2.45) is 0 Å². The minimum atomic E-state index is -0.395. The molecular weight excluding hydrogens is 257 g/mol. The number of aromatic nitrogens is 1. The molecule has 5 heteroatoms. The largest absolute Gasteiger partial charge is 0.441 e. The number of benzene rings is 1. The zero-order chi connectivity index (χ0) is 12.7. The molecule has 3 aromatic rings. The average molecular weight is 264 g/mol. The van der Waals surface area contributed by atoms with Crippen LogP contribution in [0.4, 0.5) is 4.39 Å². The van der Waals surface area contributed by atoms with Crippen LogP contribution >= 0.6 is 11.6 Å². The van der Waals surface area contributed by atoms with Gasteiger partial charge in [0.2, 0.25) is 5.78 Å². The van der Waals surface area contributed by atoms with Gasteiger partial charge in [0.05, 0.1) is 5.56 Å². The smallest absolute Gasteiger partial charge is 0.230 e. The second-order valence-electron chi connectivity index (χ2n) is 3.83. The molecule has 90 valence electrons. The molecule has 0 spiro atoms. The summed E-state index contributed by atoms with van der Waals surface area (Å²) in [6, 6.07) is 7.20. The van der Waals surface area contributed by atoms with E-state index >= 15 is 0 Å². The van der Waals surface area contributed by atoms with Crippen molar-refractivity contribution >= 4 is 28.3 Å². The van der Waals surface area contributed by atoms with E-state index in [1.54, 1.807) is 6.07 Å². The van der Waals surface area contributed by atoms with Crippen LogP contribution in [0.3, 0.4) is 0 Å². The molecule has 1 aromatic carbocycles. The average Bonchev–Trinajstić information content (AvgIpc) is 2.94. The molecule has 2 heterocycles. The fraction of sp³-hybridized carbons (Fsp3) is 0. The third-order valence-electron chi connectivity index (χ3n) is 2.69. The Labute approximate surface area is 106 Å². The monoisotopic (exact) mass is 263 g/mol. The Balaban J connectivity index is 2.14. The first-order valence-electron chi connectivity index (χ1n) is 5.22. The number of aromatic amines is 1. The van der Waals surface area contributed by atoms with Crippen LogP contribution in [0, 0.1) is 5.82 Å².